The molecule has 16 heavy (non-hydrogen) atoms. The van der Waals surface area contributed by atoms with Crippen molar-refractivity contribution in [2.75, 3.05) is 18.1 Å². The molecule has 1 rings (SSSR count). The van der Waals surface area contributed by atoms with Crippen LogP contribution in [0.2, 0.25) is 0 Å². The Morgan fingerprint density at radius 1 is 1.00 bits per heavy atom. The Balaban J connectivity index is 2.47. The van der Waals surface area contributed by atoms with E-state index in [-0.39, 0.29) is 4.58 Å². The molecule has 0 bridgehead atoms. The highest BCUT2D eigenvalue weighted by molar-refractivity contribution is 8.17. The Kier molecular flexibility index (Phi) is 6.42. The number of aliphatic hydroxyl groups excluding tert-OH is 5. The van der Waals surface area contributed by atoms with Gasteiger partial charge in [0.15, 0.2) is 0 Å². The maximum atomic E-state index is 9.81. The predicted octanol–water partition coefficient (Wildman–Crippen LogP) is -1.38. The van der Waals surface area contributed by atoms with Gasteiger partial charge in [-0.05, 0) is 17.9 Å². The van der Waals surface area contributed by atoms with Crippen molar-refractivity contribution < 1.29 is 25.5 Å². The minimum absolute atomic E-state index is 0.190. The van der Waals surface area contributed by atoms with Crippen molar-refractivity contribution in [1.82, 2.24) is 0 Å². The fourth-order valence-electron chi connectivity index (χ4n) is 1.40. The van der Waals surface area contributed by atoms with E-state index in [1.165, 1.54) is 23.5 Å². The summed E-state index contributed by atoms with van der Waals surface area (Å²) in [6.07, 6.45) is -4.43. The summed E-state index contributed by atoms with van der Waals surface area (Å²) in [4.78, 5) is 0. The van der Waals surface area contributed by atoms with Crippen molar-refractivity contribution in [3.63, 3.8) is 0 Å². The highest BCUT2D eigenvalue weighted by atomic mass is 32.2. The molecule has 1 saturated heterocycles. The SMILES string of the molecule is OC[C@@H](O)[C@H](O)[C@H](O)[C@H](O)C1SCCCS1. The minimum atomic E-state index is -1.52. The molecule has 1 aliphatic rings. The molecule has 0 aromatic carbocycles. The van der Waals surface area contributed by atoms with Crippen molar-refractivity contribution in [2.45, 2.75) is 35.4 Å². The Hall–Kier alpha value is 0.500. The average molecular weight is 270 g/mol. The first-order valence-electron chi connectivity index (χ1n) is 5.14. The first kappa shape index (κ1) is 14.6. The van der Waals surface area contributed by atoms with Crippen molar-refractivity contribution in [3.05, 3.63) is 0 Å². The van der Waals surface area contributed by atoms with Gasteiger partial charge in [0.2, 0.25) is 0 Å². The lowest BCUT2D eigenvalue weighted by molar-refractivity contribution is -0.111. The molecule has 1 fully saturated rings. The third kappa shape index (κ3) is 3.76. The third-order valence-electron chi connectivity index (χ3n) is 2.41. The third-order valence-corrected chi connectivity index (χ3v) is 5.49. The molecule has 1 heterocycles. The maximum Gasteiger partial charge on any atom is 0.111 e. The van der Waals surface area contributed by atoms with E-state index in [4.69, 9.17) is 10.2 Å². The van der Waals surface area contributed by atoms with Gasteiger partial charge in [-0.15, -0.1) is 23.5 Å². The van der Waals surface area contributed by atoms with E-state index < -0.39 is 31.0 Å². The quantitative estimate of drug-likeness (QED) is 0.420. The van der Waals surface area contributed by atoms with Gasteiger partial charge in [-0.1, -0.05) is 0 Å². The summed E-state index contributed by atoms with van der Waals surface area (Å²) in [7, 11) is 0. The van der Waals surface area contributed by atoms with Gasteiger partial charge in [0.05, 0.1) is 11.2 Å². The second-order valence-electron chi connectivity index (χ2n) is 3.69. The van der Waals surface area contributed by atoms with Crippen LogP contribution in [0.1, 0.15) is 6.42 Å². The standard InChI is InChI=1S/C9H18O5S2/c10-4-5(11)6(12)7(13)8(14)9-15-2-1-3-16-9/h5-14H,1-4H2/t5-,6+,7+,8+/m1/s1. The second-order valence-corrected chi connectivity index (χ2v) is 6.48. The van der Waals surface area contributed by atoms with E-state index in [0.717, 1.165) is 17.9 Å². The molecule has 0 radical (unpaired) electrons. The molecule has 5 nitrogen and oxygen atoms in total. The van der Waals surface area contributed by atoms with Crippen LogP contribution < -0.4 is 0 Å². The number of hydrogen-bond acceptors (Lipinski definition) is 7. The van der Waals surface area contributed by atoms with Gasteiger partial charge in [-0.2, -0.15) is 0 Å². The van der Waals surface area contributed by atoms with Gasteiger partial charge in [0, 0.05) is 0 Å². The van der Waals surface area contributed by atoms with E-state index in [0.29, 0.717) is 0 Å². The van der Waals surface area contributed by atoms with Crippen molar-refractivity contribution >= 4 is 23.5 Å². The first-order chi connectivity index (χ1) is 7.57. The first-order valence-corrected chi connectivity index (χ1v) is 7.24. The maximum absolute atomic E-state index is 9.81. The topological polar surface area (TPSA) is 101 Å². The predicted molar refractivity (Wildman–Crippen MR) is 64.4 cm³/mol. The molecule has 0 amide bonds. The number of aliphatic hydroxyl groups is 5. The molecule has 0 spiro atoms. The molecule has 1 aliphatic heterocycles. The molecule has 0 unspecified atom stereocenters. The van der Waals surface area contributed by atoms with Crippen LogP contribution in [-0.2, 0) is 0 Å². The van der Waals surface area contributed by atoms with Gasteiger partial charge in [0.25, 0.3) is 0 Å². The monoisotopic (exact) mass is 270 g/mol. The summed E-state index contributed by atoms with van der Waals surface area (Å²) in [5.74, 6) is 1.83. The molecule has 0 aromatic heterocycles. The Morgan fingerprint density at radius 3 is 2.06 bits per heavy atom. The highest BCUT2D eigenvalue weighted by Gasteiger charge is 2.35. The molecular weight excluding hydrogens is 252 g/mol. The van der Waals surface area contributed by atoms with Crippen molar-refractivity contribution in [1.29, 1.82) is 0 Å². The van der Waals surface area contributed by atoms with Gasteiger partial charge in [-0.25, -0.2) is 0 Å². The molecule has 0 aromatic rings. The normalized spacial score (nSPS) is 26.1. The zero-order valence-corrected chi connectivity index (χ0v) is 10.4. The van der Waals surface area contributed by atoms with Crippen LogP contribution in [0.15, 0.2) is 0 Å². The van der Waals surface area contributed by atoms with Gasteiger partial charge in [-0.3, -0.25) is 0 Å². The van der Waals surface area contributed by atoms with Crippen molar-refractivity contribution in [2.24, 2.45) is 0 Å². The molecule has 0 aliphatic carbocycles. The number of thioether (sulfide) groups is 2. The fraction of sp³-hybridized carbons (Fsp3) is 1.00. The number of hydrogen-bond donors (Lipinski definition) is 5. The van der Waals surface area contributed by atoms with E-state index in [1.807, 2.05) is 0 Å². The average Bonchev–Trinajstić information content (AvgIpc) is 2.36. The van der Waals surface area contributed by atoms with Crippen LogP contribution in [0.4, 0.5) is 0 Å². The van der Waals surface area contributed by atoms with Crippen LogP contribution in [0.5, 0.6) is 0 Å². The lowest BCUT2D eigenvalue weighted by atomic mass is 10.0. The summed E-state index contributed by atoms with van der Waals surface area (Å²) in [5.41, 5.74) is 0. The van der Waals surface area contributed by atoms with Crippen molar-refractivity contribution in [3.8, 4) is 0 Å². The summed E-state index contributed by atoms with van der Waals surface area (Å²) >= 11 is 3.07. The van der Waals surface area contributed by atoms with Crippen LogP contribution in [0, 0.1) is 0 Å². The molecule has 4 atom stereocenters. The van der Waals surface area contributed by atoms with E-state index in [2.05, 4.69) is 0 Å². The molecule has 5 N–H and O–H groups in total. The zero-order valence-electron chi connectivity index (χ0n) is 8.77. The van der Waals surface area contributed by atoms with E-state index in [9.17, 15) is 15.3 Å². The Bertz CT molecular complexity index is 194. The largest absolute Gasteiger partial charge is 0.394 e. The van der Waals surface area contributed by atoms with Crippen LogP contribution >= 0.6 is 23.5 Å². The zero-order chi connectivity index (χ0) is 12.1. The van der Waals surface area contributed by atoms with Gasteiger partial charge >= 0.3 is 0 Å². The Morgan fingerprint density at radius 2 is 1.56 bits per heavy atom. The molecule has 0 saturated carbocycles. The van der Waals surface area contributed by atoms with Crippen LogP contribution in [0.3, 0.4) is 0 Å². The summed E-state index contributed by atoms with van der Waals surface area (Å²) in [6.45, 7) is -0.643. The Labute approximate surface area is 103 Å². The second kappa shape index (κ2) is 7.05. The molecule has 7 heteroatoms. The van der Waals surface area contributed by atoms with E-state index in [1.54, 1.807) is 0 Å². The van der Waals surface area contributed by atoms with Gasteiger partial charge in [0.1, 0.15) is 24.4 Å². The molecular formula is C9H18O5S2. The summed E-state index contributed by atoms with van der Waals surface area (Å²) in [5, 5.41) is 46.7. The van der Waals surface area contributed by atoms with Crippen LogP contribution in [-0.4, -0.2) is 72.6 Å². The highest BCUT2D eigenvalue weighted by Crippen LogP contribution is 2.34. The lowest BCUT2D eigenvalue weighted by Gasteiger charge is -2.32. The lowest BCUT2D eigenvalue weighted by Crippen LogP contribution is -2.49. The smallest absolute Gasteiger partial charge is 0.111 e. The van der Waals surface area contributed by atoms with Gasteiger partial charge < -0.3 is 25.5 Å². The summed E-state index contributed by atoms with van der Waals surface area (Å²) in [6, 6.07) is 0. The van der Waals surface area contributed by atoms with Crippen LogP contribution in [0.25, 0.3) is 0 Å². The summed E-state index contributed by atoms with van der Waals surface area (Å²) < 4.78 is -0.190. The fourth-order valence-corrected chi connectivity index (χ4v) is 4.35. The number of rotatable bonds is 5. The minimum Gasteiger partial charge on any atom is -0.394 e. The molecule has 96 valence electrons. The van der Waals surface area contributed by atoms with E-state index >= 15 is 0 Å².